The Hall–Kier alpha value is -0.120. The number of nitrogens with two attached hydrogens (primary N) is 1. The minimum Gasteiger partial charge on any atom is -0.379 e. The van der Waals surface area contributed by atoms with Gasteiger partial charge < -0.3 is 15.8 Å². The van der Waals surface area contributed by atoms with Crippen molar-refractivity contribution in [1.29, 1.82) is 0 Å². The van der Waals surface area contributed by atoms with Crippen molar-refractivity contribution < 1.29 is 4.74 Å². The van der Waals surface area contributed by atoms with Crippen LogP contribution < -0.4 is 11.1 Å². The largest absolute Gasteiger partial charge is 0.379 e. The van der Waals surface area contributed by atoms with Crippen molar-refractivity contribution in [3.8, 4) is 0 Å². The van der Waals surface area contributed by atoms with E-state index in [1.165, 1.54) is 0 Å². The van der Waals surface area contributed by atoms with Crippen molar-refractivity contribution in [1.82, 2.24) is 5.32 Å². The second-order valence-electron chi connectivity index (χ2n) is 4.65. The first-order chi connectivity index (χ1) is 6.03. The molecule has 0 amide bonds. The summed E-state index contributed by atoms with van der Waals surface area (Å²) in [6, 6.07) is 0.248. The molecule has 3 N–H and O–H groups in total. The minimum absolute atomic E-state index is 0.159. The monoisotopic (exact) mass is 186 g/mol. The van der Waals surface area contributed by atoms with Gasteiger partial charge in [0, 0.05) is 24.7 Å². The molecule has 2 unspecified atom stereocenters. The Labute approximate surface area is 81.0 Å². The molecular weight excluding hydrogens is 164 g/mol. The van der Waals surface area contributed by atoms with Crippen LogP contribution >= 0.6 is 0 Å². The van der Waals surface area contributed by atoms with Gasteiger partial charge in [0.25, 0.3) is 0 Å². The van der Waals surface area contributed by atoms with E-state index in [0.29, 0.717) is 5.92 Å². The summed E-state index contributed by atoms with van der Waals surface area (Å²) in [4.78, 5) is 0. The second kappa shape index (κ2) is 4.40. The summed E-state index contributed by atoms with van der Waals surface area (Å²) >= 11 is 0. The van der Waals surface area contributed by atoms with Crippen LogP contribution in [0.2, 0.25) is 0 Å². The molecule has 0 saturated carbocycles. The smallest absolute Gasteiger partial charge is 0.0646 e. The summed E-state index contributed by atoms with van der Waals surface area (Å²) < 4.78 is 5.35. The van der Waals surface area contributed by atoms with E-state index in [4.69, 9.17) is 10.5 Å². The van der Waals surface area contributed by atoms with Crippen LogP contribution in [0.1, 0.15) is 27.2 Å². The van der Waals surface area contributed by atoms with Gasteiger partial charge in [-0.05, 0) is 19.3 Å². The summed E-state index contributed by atoms with van der Waals surface area (Å²) in [5.41, 5.74) is 6.11. The third kappa shape index (κ3) is 3.25. The maximum Gasteiger partial charge on any atom is 0.0646 e. The Morgan fingerprint density at radius 1 is 1.54 bits per heavy atom. The predicted molar refractivity (Wildman–Crippen MR) is 54.7 cm³/mol. The third-order valence-corrected chi connectivity index (χ3v) is 2.84. The fourth-order valence-electron chi connectivity index (χ4n) is 1.41. The van der Waals surface area contributed by atoms with Gasteiger partial charge in [0.05, 0.1) is 6.61 Å². The van der Waals surface area contributed by atoms with Gasteiger partial charge in [-0.3, -0.25) is 0 Å². The maximum absolute atomic E-state index is 5.95. The minimum atomic E-state index is 0.159. The zero-order chi connectivity index (χ0) is 9.90. The molecule has 1 fully saturated rings. The Balaban J connectivity index is 2.24. The van der Waals surface area contributed by atoms with Gasteiger partial charge in [0.2, 0.25) is 0 Å². The van der Waals surface area contributed by atoms with Crippen LogP contribution in [0.25, 0.3) is 0 Å². The molecule has 0 radical (unpaired) electrons. The second-order valence-corrected chi connectivity index (χ2v) is 4.65. The van der Waals surface area contributed by atoms with E-state index in [1.54, 1.807) is 0 Å². The van der Waals surface area contributed by atoms with Crippen LogP contribution in [-0.4, -0.2) is 31.3 Å². The molecule has 1 aliphatic heterocycles. The average molecular weight is 186 g/mol. The highest BCUT2D eigenvalue weighted by atomic mass is 16.5. The van der Waals surface area contributed by atoms with Crippen LogP contribution in [0.3, 0.4) is 0 Å². The molecular formula is C10H22N2O. The molecule has 1 aliphatic rings. The molecule has 1 rings (SSSR count). The molecule has 0 aromatic rings. The van der Waals surface area contributed by atoms with E-state index in [0.717, 1.165) is 26.2 Å². The van der Waals surface area contributed by atoms with Crippen LogP contribution in [0.4, 0.5) is 0 Å². The van der Waals surface area contributed by atoms with E-state index >= 15 is 0 Å². The number of nitrogens with one attached hydrogen (secondary N) is 1. The summed E-state index contributed by atoms with van der Waals surface area (Å²) in [5, 5.41) is 3.49. The Morgan fingerprint density at radius 3 is 2.69 bits per heavy atom. The maximum atomic E-state index is 5.95. The van der Waals surface area contributed by atoms with E-state index in [2.05, 4.69) is 26.1 Å². The number of hydrogen-bond acceptors (Lipinski definition) is 3. The number of hydrogen-bond donors (Lipinski definition) is 2. The van der Waals surface area contributed by atoms with Gasteiger partial charge in [0.1, 0.15) is 0 Å². The molecule has 1 heterocycles. The Kier molecular flexibility index (Phi) is 3.71. The fraction of sp³-hybridized carbons (Fsp3) is 1.00. The molecule has 13 heavy (non-hydrogen) atoms. The highest BCUT2D eigenvalue weighted by Gasteiger charge is 2.29. The van der Waals surface area contributed by atoms with Gasteiger partial charge in [-0.2, -0.15) is 0 Å². The molecule has 0 bridgehead atoms. The molecule has 3 nitrogen and oxygen atoms in total. The van der Waals surface area contributed by atoms with Gasteiger partial charge in [-0.15, -0.1) is 0 Å². The van der Waals surface area contributed by atoms with E-state index in [-0.39, 0.29) is 11.6 Å². The van der Waals surface area contributed by atoms with E-state index < -0.39 is 0 Å². The molecule has 0 spiro atoms. The van der Waals surface area contributed by atoms with Crippen molar-refractivity contribution in [3.05, 3.63) is 0 Å². The van der Waals surface area contributed by atoms with Crippen molar-refractivity contribution in [2.75, 3.05) is 19.8 Å². The van der Waals surface area contributed by atoms with Crippen molar-refractivity contribution in [2.45, 2.75) is 38.8 Å². The van der Waals surface area contributed by atoms with Crippen molar-refractivity contribution in [2.24, 2.45) is 11.7 Å². The van der Waals surface area contributed by atoms with E-state index in [1.807, 2.05) is 0 Å². The molecule has 0 aromatic heterocycles. The van der Waals surface area contributed by atoms with Gasteiger partial charge >= 0.3 is 0 Å². The van der Waals surface area contributed by atoms with Gasteiger partial charge in [-0.1, -0.05) is 13.8 Å². The van der Waals surface area contributed by atoms with Crippen LogP contribution in [0.15, 0.2) is 0 Å². The first-order valence-electron chi connectivity index (χ1n) is 5.12. The molecule has 78 valence electrons. The number of rotatable bonds is 4. The highest BCUT2D eigenvalue weighted by molar-refractivity contribution is 4.88. The lowest BCUT2D eigenvalue weighted by atomic mass is 9.99. The quantitative estimate of drug-likeness (QED) is 0.680. The molecule has 0 aromatic carbocycles. The predicted octanol–water partition coefficient (Wildman–Crippen LogP) is 0.738. The SMILES string of the molecule is CC(C)C(N)CNC1(C)CCOC1. The summed E-state index contributed by atoms with van der Waals surface area (Å²) in [5.74, 6) is 0.540. The lowest BCUT2D eigenvalue weighted by Crippen LogP contribution is -2.49. The third-order valence-electron chi connectivity index (χ3n) is 2.84. The van der Waals surface area contributed by atoms with Crippen molar-refractivity contribution >= 4 is 0 Å². The summed E-state index contributed by atoms with van der Waals surface area (Å²) in [6.07, 6.45) is 1.10. The summed E-state index contributed by atoms with van der Waals surface area (Å²) in [7, 11) is 0. The van der Waals surface area contributed by atoms with Crippen LogP contribution in [0.5, 0.6) is 0 Å². The zero-order valence-corrected chi connectivity index (χ0v) is 8.97. The fourth-order valence-corrected chi connectivity index (χ4v) is 1.41. The first-order valence-corrected chi connectivity index (χ1v) is 5.12. The van der Waals surface area contributed by atoms with Gasteiger partial charge in [-0.25, -0.2) is 0 Å². The average Bonchev–Trinajstić information content (AvgIpc) is 2.48. The molecule has 2 atom stereocenters. The Morgan fingerprint density at radius 2 is 2.23 bits per heavy atom. The number of ether oxygens (including phenoxy) is 1. The lowest BCUT2D eigenvalue weighted by molar-refractivity contribution is 0.170. The van der Waals surface area contributed by atoms with Gasteiger partial charge in [0.15, 0.2) is 0 Å². The van der Waals surface area contributed by atoms with Crippen molar-refractivity contribution in [3.63, 3.8) is 0 Å². The standard InChI is InChI=1S/C10H22N2O/c1-8(2)9(11)6-12-10(3)4-5-13-7-10/h8-9,12H,4-7,11H2,1-3H3. The zero-order valence-electron chi connectivity index (χ0n) is 8.97. The van der Waals surface area contributed by atoms with Crippen LogP contribution in [0, 0.1) is 5.92 Å². The molecule has 1 saturated heterocycles. The topological polar surface area (TPSA) is 47.3 Å². The molecule has 3 heteroatoms. The van der Waals surface area contributed by atoms with Crippen LogP contribution in [-0.2, 0) is 4.74 Å². The lowest BCUT2D eigenvalue weighted by Gasteiger charge is -2.27. The van der Waals surface area contributed by atoms with E-state index in [9.17, 15) is 0 Å². The Bertz CT molecular complexity index is 153. The normalized spacial score (nSPS) is 31.2. The summed E-state index contributed by atoms with van der Waals surface area (Å²) in [6.45, 7) is 9.09. The molecule has 0 aliphatic carbocycles. The highest BCUT2D eigenvalue weighted by Crippen LogP contribution is 2.17. The first kappa shape index (κ1) is 11.0.